The second kappa shape index (κ2) is 6.64. The maximum atomic E-state index is 11.7. The minimum absolute atomic E-state index is 0.449. The van der Waals surface area contributed by atoms with Gasteiger partial charge in [0.05, 0.1) is 11.9 Å². The van der Waals surface area contributed by atoms with Gasteiger partial charge < -0.3 is 14.5 Å². The van der Waals surface area contributed by atoms with Crippen LogP contribution >= 0.6 is 0 Å². The highest BCUT2D eigenvalue weighted by molar-refractivity contribution is 5.83. The van der Waals surface area contributed by atoms with Crippen LogP contribution in [0.2, 0.25) is 0 Å². The van der Waals surface area contributed by atoms with E-state index >= 15 is 0 Å². The van der Waals surface area contributed by atoms with E-state index in [9.17, 15) is 9.59 Å². The summed E-state index contributed by atoms with van der Waals surface area (Å²) in [6.07, 6.45) is 2.07. The van der Waals surface area contributed by atoms with Crippen LogP contribution in [0.4, 0.5) is 16.3 Å². The number of nitrogens with zero attached hydrogens (tertiary/aromatic N) is 3. The fourth-order valence-corrected chi connectivity index (χ4v) is 2.14. The number of anilines is 2. The predicted molar refractivity (Wildman–Crippen MR) is 83.9 cm³/mol. The second-order valence-electron chi connectivity index (χ2n) is 6.16. The summed E-state index contributed by atoms with van der Waals surface area (Å²) in [7, 11) is 0. The van der Waals surface area contributed by atoms with Gasteiger partial charge in [-0.15, -0.1) is 0 Å². The Kier molecular flexibility index (Phi) is 4.85. The van der Waals surface area contributed by atoms with E-state index in [1.165, 1.54) is 0 Å². The number of pyridine rings is 1. The molecule has 0 atom stereocenters. The standard InChI is InChI=1S/C15H22N4O3/c1-15(2,3)22-14(21)17-13-5-4-12(10-16-13)19-8-6-18(11-20)7-9-19/h4-5,10-11H,6-9H2,1-3H3,(H,16,17,21). The summed E-state index contributed by atoms with van der Waals surface area (Å²) in [4.78, 5) is 30.5. The number of nitrogens with one attached hydrogen (secondary N) is 1. The van der Waals surface area contributed by atoms with Gasteiger partial charge in [-0.25, -0.2) is 9.78 Å². The van der Waals surface area contributed by atoms with Crippen LogP contribution in [-0.2, 0) is 9.53 Å². The molecule has 1 aromatic heterocycles. The first kappa shape index (κ1) is 16.1. The van der Waals surface area contributed by atoms with Crippen LogP contribution in [0.25, 0.3) is 0 Å². The number of amides is 2. The van der Waals surface area contributed by atoms with Gasteiger partial charge in [-0.2, -0.15) is 0 Å². The highest BCUT2D eigenvalue weighted by Crippen LogP contribution is 2.17. The van der Waals surface area contributed by atoms with Crippen LogP contribution in [0.5, 0.6) is 0 Å². The summed E-state index contributed by atoms with van der Waals surface area (Å²) < 4.78 is 5.17. The molecule has 0 unspecified atom stereocenters. The molecule has 22 heavy (non-hydrogen) atoms. The zero-order valence-electron chi connectivity index (χ0n) is 13.2. The van der Waals surface area contributed by atoms with Crippen molar-refractivity contribution in [3.8, 4) is 0 Å². The third kappa shape index (κ3) is 4.61. The fourth-order valence-electron chi connectivity index (χ4n) is 2.14. The summed E-state index contributed by atoms with van der Waals surface area (Å²) in [5, 5.41) is 2.60. The number of carbonyl (C=O) groups excluding carboxylic acids is 2. The Bertz CT molecular complexity index is 517. The third-order valence-corrected chi connectivity index (χ3v) is 3.21. The number of hydrogen-bond donors (Lipinski definition) is 1. The molecule has 1 fully saturated rings. The van der Waals surface area contributed by atoms with Gasteiger partial charge in [-0.3, -0.25) is 10.1 Å². The first-order chi connectivity index (χ1) is 10.4. The molecule has 0 saturated carbocycles. The zero-order chi connectivity index (χ0) is 16.2. The highest BCUT2D eigenvalue weighted by atomic mass is 16.6. The lowest BCUT2D eigenvalue weighted by molar-refractivity contribution is -0.118. The Morgan fingerprint density at radius 2 is 1.95 bits per heavy atom. The number of ether oxygens (including phenoxy) is 1. The molecule has 2 heterocycles. The summed E-state index contributed by atoms with van der Waals surface area (Å²) in [6, 6.07) is 3.64. The molecule has 0 spiro atoms. The molecule has 0 aromatic carbocycles. The Morgan fingerprint density at radius 1 is 1.27 bits per heavy atom. The average Bonchev–Trinajstić information content (AvgIpc) is 2.46. The largest absolute Gasteiger partial charge is 0.444 e. The van der Waals surface area contributed by atoms with Crippen molar-refractivity contribution in [2.24, 2.45) is 0 Å². The Morgan fingerprint density at radius 3 is 2.45 bits per heavy atom. The second-order valence-corrected chi connectivity index (χ2v) is 6.16. The molecule has 2 amide bonds. The molecule has 1 N–H and O–H groups in total. The van der Waals surface area contributed by atoms with E-state index in [1.807, 2.05) is 26.8 Å². The lowest BCUT2D eigenvalue weighted by Gasteiger charge is -2.33. The molecule has 120 valence electrons. The number of carbonyl (C=O) groups is 2. The summed E-state index contributed by atoms with van der Waals surface area (Å²) >= 11 is 0. The lowest BCUT2D eigenvalue weighted by Crippen LogP contribution is -2.45. The minimum atomic E-state index is -0.539. The van der Waals surface area contributed by atoms with Crippen molar-refractivity contribution in [1.29, 1.82) is 0 Å². The molecule has 1 saturated heterocycles. The first-order valence-corrected chi connectivity index (χ1v) is 7.28. The molecule has 0 aliphatic carbocycles. The molecular formula is C15H22N4O3. The summed E-state index contributed by atoms with van der Waals surface area (Å²) in [5.41, 5.74) is 0.433. The highest BCUT2D eigenvalue weighted by Gasteiger charge is 2.18. The van der Waals surface area contributed by atoms with E-state index in [2.05, 4.69) is 15.2 Å². The van der Waals surface area contributed by atoms with E-state index in [1.54, 1.807) is 17.2 Å². The van der Waals surface area contributed by atoms with Crippen molar-refractivity contribution in [3.05, 3.63) is 18.3 Å². The Labute approximate surface area is 130 Å². The minimum Gasteiger partial charge on any atom is -0.444 e. The molecule has 1 aliphatic rings. The van der Waals surface area contributed by atoms with Crippen LogP contribution in [0.3, 0.4) is 0 Å². The van der Waals surface area contributed by atoms with E-state index in [4.69, 9.17) is 4.74 Å². The van der Waals surface area contributed by atoms with Crippen LogP contribution < -0.4 is 10.2 Å². The van der Waals surface area contributed by atoms with Gasteiger partial charge in [0, 0.05) is 26.2 Å². The zero-order valence-corrected chi connectivity index (χ0v) is 13.2. The summed E-state index contributed by atoms with van der Waals surface area (Å²) in [6.45, 7) is 8.40. The van der Waals surface area contributed by atoms with Gasteiger partial charge in [0.15, 0.2) is 0 Å². The van der Waals surface area contributed by atoms with Crippen LogP contribution in [-0.4, -0.2) is 54.2 Å². The number of aromatic nitrogens is 1. The van der Waals surface area contributed by atoms with Crippen LogP contribution in [0.1, 0.15) is 20.8 Å². The first-order valence-electron chi connectivity index (χ1n) is 7.28. The number of rotatable bonds is 3. The maximum absolute atomic E-state index is 11.7. The van der Waals surface area contributed by atoms with Gasteiger partial charge in [0.1, 0.15) is 11.4 Å². The van der Waals surface area contributed by atoms with Crippen molar-refractivity contribution in [2.45, 2.75) is 26.4 Å². The van der Waals surface area contributed by atoms with Crippen molar-refractivity contribution >= 4 is 24.0 Å². The van der Waals surface area contributed by atoms with Crippen molar-refractivity contribution in [3.63, 3.8) is 0 Å². The molecule has 2 rings (SSSR count). The maximum Gasteiger partial charge on any atom is 0.413 e. The van der Waals surface area contributed by atoms with E-state index < -0.39 is 11.7 Å². The Hall–Kier alpha value is -2.31. The molecule has 1 aliphatic heterocycles. The molecular weight excluding hydrogens is 284 g/mol. The number of hydrogen-bond acceptors (Lipinski definition) is 5. The molecule has 0 bridgehead atoms. The van der Waals surface area contributed by atoms with E-state index in [0.29, 0.717) is 18.9 Å². The summed E-state index contributed by atoms with van der Waals surface area (Å²) in [5.74, 6) is 0.449. The van der Waals surface area contributed by atoms with Crippen molar-refractivity contribution in [2.75, 3.05) is 36.4 Å². The van der Waals surface area contributed by atoms with Gasteiger partial charge in [-0.05, 0) is 32.9 Å². The SMILES string of the molecule is CC(C)(C)OC(=O)Nc1ccc(N2CCN(C=O)CC2)cn1. The fraction of sp³-hybridized carbons (Fsp3) is 0.533. The van der Waals surface area contributed by atoms with Crippen molar-refractivity contribution < 1.29 is 14.3 Å². The van der Waals surface area contributed by atoms with Gasteiger partial charge in [0.2, 0.25) is 6.41 Å². The van der Waals surface area contributed by atoms with Gasteiger partial charge >= 0.3 is 6.09 Å². The molecule has 7 nitrogen and oxygen atoms in total. The lowest BCUT2D eigenvalue weighted by atomic mass is 10.2. The predicted octanol–water partition coefficient (Wildman–Crippen LogP) is 1.71. The monoisotopic (exact) mass is 306 g/mol. The molecule has 0 radical (unpaired) electrons. The quantitative estimate of drug-likeness (QED) is 0.860. The normalized spacial score (nSPS) is 15.4. The van der Waals surface area contributed by atoms with Gasteiger partial charge in [-0.1, -0.05) is 0 Å². The van der Waals surface area contributed by atoms with E-state index in [-0.39, 0.29) is 0 Å². The number of piperazine rings is 1. The van der Waals surface area contributed by atoms with Crippen molar-refractivity contribution in [1.82, 2.24) is 9.88 Å². The topological polar surface area (TPSA) is 74.8 Å². The third-order valence-electron chi connectivity index (χ3n) is 3.21. The van der Waals surface area contributed by atoms with Crippen LogP contribution in [0.15, 0.2) is 18.3 Å². The van der Waals surface area contributed by atoms with E-state index in [0.717, 1.165) is 25.2 Å². The Balaban J connectivity index is 1.90. The molecule has 7 heteroatoms. The van der Waals surface area contributed by atoms with Crippen LogP contribution in [0, 0.1) is 0 Å². The average molecular weight is 306 g/mol. The van der Waals surface area contributed by atoms with Gasteiger partial charge in [0.25, 0.3) is 0 Å². The molecule has 1 aromatic rings. The smallest absolute Gasteiger partial charge is 0.413 e.